The van der Waals surface area contributed by atoms with E-state index in [0.717, 1.165) is 29.5 Å². The monoisotopic (exact) mass is 430 g/mol. The summed E-state index contributed by atoms with van der Waals surface area (Å²) in [6.07, 6.45) is 1.90. The Kier molecular flexibility index (Phi) is 9.18. The average molecular weight is 431 g/mol. The summed E-state index contributed by atoms with van der Waals surface area (Å²) in [5.41, 5.74) is 2.95. The molecule has 2 rings (SSSR count). The fourth-order valence-corrected chi connectivity index (χ4v) is 3.14. The number of aryl methyl sites for hydroxylation is 2. The molecule has 1 N–H and O–H groups in total. The highest BCUT2D eigenvalue weighted by Crippen LogP contribution is 2.21. The van der Waals surface area contributed by atoms with Crippen LogP contribution in [-0.2, 0) is 16.1 Å². The molecule has 6 heteroatoms. The van der Waals surface area contributed by atoms with Gasteiger partial charge >= 0.3 is 0 Å². The number of amides is 2. The van der Waals surface area contributed by atoms with Crippen LogP contribution >= 0.6 is 11.6 Å². The molecule has 0 saturated heterocycles. The molecule has 2 aromatic carbocycles. The van der Waals surface area contributed by atoms with Gasteiger partial charge in [-0.1, -0.05) is 49.2 Å². The second-order valence-electron chi connectivity index (χ2n) is 7.47. The first-order valence-corrected chi connectivity index (χ1v) is 10.7. The SMILES string of the molecule is CCCCNC(=O)C(C)N(Cc1ccccc1C)C(=O)COc1ccc(Cl)c(C)c1. The van der Waals surface area contributed by atoms with Gasteiger partial charge in [0, 0.05) is 18.1 Å². The maximum absolute atomic E-state index is 13.1. The van der Waals surface area contributed by atoms with Crippen molar-refractivity contribution in [1.82, 2.24) is 10.2 Å². The van der Waals surface area contributed by atoms with Crippen LogP contribution in [0.4, 0.5) is 0 Å². The van der Waals surface area contributed by atoms with Gasteiger partial charge < -0.3 is 15.0 Å². The number of rotatable bonds is 10. The van der Waals surface area contributed by atoms with Crippen LogP contribution in [0.3, 0.4) is 0 Å². The Balaban J connectivity index is 2.14. The van der Waals surface area contributed by atoms with Crippen LogP contribution < -0.4 is 10.1 Å². The highest BCUT2D eigenvalue weighted by molar-refractivity contribution is 6.31. The van der Waals surface area contributed by atoms with Gasteiger partial charge in [0.25, 0.3) is 5.91 Å². The third-order valence-corrected chi connectivity index (χ3v) is 5.51. The Morgan fingerprint density at radius 1 is 1.13 bits per heavy atom. The predicted octanol–water partition coefficient (Wildman–Crippen LogP) is 4.67. The van der Waals surface area contributed by atoms with Gasteiger partial charge in [0.05, 0.1) is 0 Å². The van der Waals surface area contributed by atoms with E-state index in [2.05, 4.69) is 12.2 Å². The lowest BCUT2D eigenvalue weighted by Gasteiger charge is -2.29. The third kappa shape index (κ3) is 6.77. The summed E-state index contributed by atoms with van der Waals surface area (Å²) >= 11 is 6.05. The van der Waals surface area contributed by atoms with Crippen molar-refractivity contribution in [3.05, 3.63) is 64.2 Å². The number of halogens is 1. The van der Waals surface area contributed by atoms with Crippen molar-refractivity contribution in [2.75, 3.05) is 13.2 Å². The number of ether oxygens (including phenoxy) is 1. The molecule has 0 aliphatic carbocycles. The van der Waals surface area contributed by atoms with E-state index >= 15 is 0 Å². The Bertz CT molecular complexity index is 869. The number of carbonyl (C=O) groups excluding carboxylic acids is 2. The zero-order chi connectivity index (χ0) is 22.1. The van der Waals surface area contributed by atoms with Crippen molar-refractivity contribution < 1.29 is 14.3 Å². The van der Waals surface area contributed by atoms with Crippen LogP contribution in [0.2, 0.25) is 5.02 Å². The maximum Gasteiger partial charge on any atom is 0.261 e. The Labute approximate surface area is 184 Å². The van der Waals surface area contributed by atoms with Gasteiger partial charge in [-0.25, -0.2) is 0 Å². The van der Waals surface area contributed by atoms with E-state index in [0.29, 0.717) is 23.9 Å². The number of nitrogens with one attached hydrogen (secondary N) is 1. The van der Waals surface area contributed by atoms with Crippen LogP contribution in [0.15, 0.2) is 42.5 Å². The Morgan fingerprint density at radius 3 is 2.53 bits per heavy atom. The zero-order valence-corrected chi connectivity index (χ0v) is 19.0. The molecule has 0 radical (unpaired) electrons. The summed E-state index contributed by atoms with van der Waals surface area (Å²) in [4.78, 5) is 27.3. The van der Waals surface area contributed by atoms with Crippen LogP contribution in [0.25, 0.3) is 0 Å². The second-order valence-corrected chi connectivity index (χ2v) is 7.88. The summed E-state index contributed by atoms with van der Waals surface area (Å²) in [6, 6.07) is 12.5. The normalized spacial score (nSPS) is 11.6. The molecule has 0 spiro atoms. The lowest BCUT2D eigenvalue weighted by molar-refractivity contribution is -0.142. The largest absolute Gasteiger partial charge is 0.484 e. The average Bonchev–Trinajstić information content (AvgIpc) is 2.73. The minimum absolute atomic E-state index is 0.153. The van der Waals surface area contributed by atoms with Crippen molar-refractivity contribution in [2.45, 2.75) is 53.1 Å². The smallest absolute Gasteiger partial charge is 0.261 e. The Hall–Kier alpha value is -2.53. The highest BCUT2D eigenvalue weighted by atomic mass is 35.5. The predicted molar refractivity (Wildman–Crippen MR) is 121 cm³/mol. The number of nitrogens with zero attached hydrogens (tertiary/aromatic N) is 1. The molecule has 2 amide bonds. The van der Waals surface area contributed by atoms with E-state index in [1.807, 2.05) is 38.1 Å². The van der Waals surface area contributed by atoms with E-state index in [9.17, 15) is 9.59 Å². The van der Waals surface area contributed by atoms with Crippen LogP contribution in [0.5, 0.6) is 5.75 Å². The van der Waals surface area contributed by atoms with E-state index < -0.39 is 6.04 Å². The minimum atomic E-state index is -0.607. The molecule has 0 aliphatic heterocycles. The van der Waals surface area contributed by atoms with Crippen molar-refractivity contribution in [3.63, 3.8) is 0 Å². The highest BCUT2D eigenvalue weighted by Gasteiger charge is 2.26. The molecular formula is C24H31ClN2O3. The fraction of sp³-hybridized carbons (Fsp3) is 0.417. The maximum atomic E-state index is 13.1. The summed E-state index contributed by atoms with van der Waals surface area (Å²) in [6.45, 7) is 8.49. The second kappa shape index (κ2) is 11.6. The molecule has 5 nitrogen and oxygen atoms in total. The molecule has 0 aliphatic rings. The molecule has 2 aromatic rings. The lowest BCUT2D eigenvalue weighted by atomic mass is 10.1. The summed E-state index contributed by atoms with van der Waals surface area (Å²) in [5, 5.41) is 3.56. The zero-order valence-electron chi connectivity index (χ0n) is 18.2. The van der Waals surface area contributed by atoms with Crippen molar-refractivity contribution in [1.29, 1.82) is 0 Å². The molecule has 1 atom stereocenters. The van der Waals surface area contributed by atoms with Crippen LogP contribution in [0, 0.1) is 13.8 Å². The molecule has 0 heterocycles. The fourth-order valence-electron chi connectivity index (χ4n) is 3.02. The van der Waals surface area contributed by atoms with Crippen molar-refractivity contribution in [3.8, 4) is 5.75 Å². The van der Waals surface area contributed by atoms with Crippen molar-refractivity contribution in [2.24, 2.45) is 0 Å². The van der Waals surface area contributed by atoms with Gasteiger partial charge in [-0.05, 0) is 62.1 Å². The molecule has 162 valence electrons. The topological polar surface area (TPSA) is 58.6 Å². The quantitative estimate of drug-likeness (QED) is 0.557. The van der Waals surface area contributed by atoms with Crippen LogP contribution in [-0.4, -0.2) is 35.9 Å². The van der Waals surface area contributed by atoms with E-state index in [1.165, 1.54) is 0 Å². The van der Waals surface area contributed by atoms with E-state index in [-0.39, 0.29) is 18.4 Å². The van der Waals surface area contributed by atoms with Crippen LogP contribution in [0.1, 0.15) is 43.4 Å². The van der Waals surface area contributed by atoms with Gasteiger partial charge in [-0.3, -0.25) is 9.59 Å². The summed E-state index contributed by atoms with van der Waals surface area (Å²) in [5.74, 6) is 0.165. The van der Waals surface area contributed by atoms with Gasteiger partial charge in [0.1, 0.15) is 11.8 Å². The Morgan fingerprint density at radius 2 is 1.87 bits per heavy atom. The number of hydrogen-bond donors (Lipinski definition) is 1. The summed E-state index contributed by atoms with van der Waals surface area (Å²) in [7, 11) is 0. The first kappa shape index (κ1) is 23.7. The lowest BCUT2D eigenvalue weighted by Crippen LogP contribution is -2.49. The minimum Gasteiger partial charge on any atom is -0.484 e. The van der Waals surface area contributed by atoms with Gasteiger partial charge in [-0.15, -0.1) is 0 Å². The number of hydrogen-bond acceptors (Lipinski definition) is 3. The van der Waals surface area contributed by atoms with E-state index in [1.54, 1.807) is 30.0 Å². The number of unbranched alkanes of at least 4 members (excludes halogenated alkanes) is 1. The summed E-state index contributed by atoms with van der Waals surface area (Å²) < 4.78 is 5.70. The standard InChI is InChI=1S/C24H31ClN2O3/c1-5-6-13-26-24(29)19(4)27(15-20-10-8-7-9-17(20)2)23(28)16-30-21-11-12-22(25)18(3)14-21/h7-12,14,19H,5-6,13,15-16H2,1-4H3,(H,26,29). The molecule has 0 fully saturated rings. The molecular weight excluding hydrogens is 400 g/mol. The number of benzene rings is 2. The molecule has 0 bridgehead atoms. The first-order chi connectivity index (χ1) is 14.3. The molecule has 0 aromatic heterocycles. The molecule has 0 saturated carbocycles. The number of carbonyl (C=O) groups is 2. The van der Waals surface area contributed by atoms with Gasteiger partial charge in [-0.2, -0.15) is 0 Å². The van der Waals surface area contributed by atoms with Crippen molar-refractivity contribution >= 4 is 23.4 Å². The molecule has 30 heavy (non-hydrogen) atoms. The molecule has 1 unspecified atom stereocenters. The third-order valence-electron chi connectivity index (χ3n) is 5.09. The first-order valence-electron chi connectivity index (χ1n) is 10.3. The van der Waals surface area contributed by atoms with Gasteiger partial charge in [0.15, 0.2) is 6.61 Å². The van der Waals surface area contributed by atoms with E-state index in [4.69, 9.17) is 16.3 Å². The van der Waals surface area contributed by atoms with Gasteiger partial charge in [0.2, 0.25) is 5.91 Å².